The maximum absolute atomic E-state index is 13.4. The molecule has 36 heavy (non-hydrogen) atoms. The zero-order chi connectivity index (χ0) is 26.2. The third-order valence-electron chi connectivity index (χ3n) is 6.76. The fourth-order valence-corrected chi connectivity index (χ4v) is 5.28. The summed E-state index contributed by atoms with van der Waals surface area (Å²) in [4.78, 5) is 35.4. The summed E-state index contributed by atoms with van der Waals surface area (Å²) in [5.74, 6) is -0.408. The van der Waals surface area contributed by atoms with Crippen LogP contribution in [-0.4, -0.2) is 68.4 Å². The van der Waals surface area contributed by atoms with Crippen LogP contribution in [-0.2, 0) is 15.8 Å². The highest BCUT2D eigenvalue weighted by Gasteiger charge is 2.42. The van der Waals surface area contributed by atoms with Crippen molar-refractivity contribution >= 4 is 22.7 Å². The Bertz CT molecular complexity index is 1210. The molecule has 2 fully saturated rings. The Labute approximate surface area is 206 Å². The van der Waals surface area contributed by atoms with Crippen molar-refractivity contribution in [3.8, 4) is 0 Å². The number of nitrogens with one attached hydrogen (secondary N) is 2. The van der Waals surface area contributed by atoms with E-state index in [0.717, 1.165) is 30.9 Å². The fourth-order valence-electron chi connectivity index (χ4n) is 5.28. The summed E-state index contributed by atoms with van der Waals surface area (Å²) < 4.78 is 40.5. The van der Waals surface area contributed by atoms with E-state index < -0.39 is 17.8 Å². The van der Waals surface area contributed by atoms with E-state index in [1.807, 2.05) is 0 Å². The van der Waals surface area contributed by atoms with Crippen molar-refractivity contribution in [1.29, 1.82) is 0 Å². The Balaban J connectivity index is 1.61. The first kappa shape index (κ1) is 25.9. The van der Waals surface area contributed by atoms with Crippen molar-refractivity contribution in [3.63, 3.8) is 0 Å². The quantitative estimate of drug-likeness (QED) is 0.537. The predicted octanol–water partition coefficient (Wildman–Crippen LogP) is 2.22. The molecule has 1 aromatic carbocycles. The van der Waals surface area contributed by atoms with Gasteiger partial charge in [-0.2, -0.15) is 17.9 Å². The standard InChI is InChI=1S/C24H31F3N6O3/c1-13(2)29-16-5-7-21(19(11-16)30-14(3)34)32-9-8-18(23(32)35)31-22-17-10-15(24(25,26)27)4-6-20(17)33(36)12-28-22/h4,6,10,12-13,16,18-19,21,29,36H,5,7-9,11H2,1-3H3,(H,30,34)/t16-,18?,19-,21+/m1/s1. The van der Waals surface area contributed by atoms with E-state index in [-0.39, 0.29) is 46.3 Å². The summed E-state index contributed by atoms with van der Waals surface area (Å²) in [5, 5.41) is 16.5. The number of fused-ring (bicyclic) bond motifs is 1. The van der Waals surface area contributed by atoms with Crippen LogP contribution in [0.5, 0.6) is 0 Å². The van der Waals surface area contributed by atoms with Gasteiger partial charge in [0.05, 0.1) is 23.2 Å². The average Bonchev–Trinajstić information content (AvgIpc) is 3.14. The molecule has 2 heterocycles. The highest BCUT2D eigenvalue weighted by atomic mass is 19.4. The van der Waals surface area contributed by atoms with Crippen LogP contribution in [0.4, 0.5) is 13.2 Å². The Hall–Kier alpha value is -3.15. The number of carbonyl (C=O) groups excluding carboxylic acids is 2. The van der Waals surface area contributed by atoms with E-state index in [2.05, 4.69) is 34.5 Å². The zero-order valence-electron chi connectivity index (χ0n) is 20.4. The molecule has 1 aromatic heterocycles. The Kier molecular flexibility index (Phi) is 7.26. The monoisotopic (exact) mass is 508 g/mol. The lowest BCUT2D eigenvalue weighted by atomic mass is 9.85. The van der Waals surface area contributed by atoms with Crippen molar-refractivity contribution in [3.05, 3.63) is 35.6 Å². The smallest absolute Gasteiger partial charge is 0.416 e. The van der Waals surface area contributed by atoms with Crippen molar-refractivity contribution < 1.29 is 28.0 Å². The Morgan fingerprint density at radius 1 is 1.25 bits per heavy atom. The zero-order valence-corrected chi connectivity index (χ0v) is 20.4. The molecule has 1 aliphatic heterocycles. The number of rotatable bonds is 5. The molecule has 1 saturated carbocycles. The van der Waals surface area contributed by atoms with Crippen LogP contribution in [0.2, 0.25) is 0 Å². The topological polar surface area (TPSA) is 112 Å². The van der Waals surface area contributed by atoms with Gasteiger partial charge in [0, 0.05) is 30.9 Å². The van der Waals surface area contributed by atoms with Gasteiger partial charge < -0.3 is 20.7 Å². The number of aromatic nitrogens is 2. The third kappa shape index (κ3) is 5.48. The van der Waals surface area contributed by atoms with E-state index in [4.69, 9.17) is 0 Å². The average molecular weight is 509 g/mol. The Morgan fingerprint density at radius 2 is 2.00 bits per heavy atom. The van der Waals surface area contributed by atoms with Gasteiger partial charge in [-0.25, -0.2) is 4.98 Å². The number of amides is 2. The second kappa shape index (κ2) is 10.1. The Morgan fingerprint density at radius 3 is 2.67 bits per heavy atom. The number of nitrogens with zero attached hydrogens (tertiary/aromatic N) is 4. The third-order valence-corrected chi connectivity index (χ3v) is 6.76. The lowest BCUT2D eigenvalue weighted by molar-refractivity contribution is -0.137. The molecule has 1 aliphatic carbocycles. The van der Waals surface area contributed by atoms with Crippen molar-refractivity contribution in [1.82, 2.24) is 25.2 Å². The van der Waals surface area contributed by atoms with Gasteiger partial charge in [0.25, 0.3) is 0 Å². The maximum Gasteiger partial charge on any atom is 0.416 e. The maximum atomic E-state index is 13.4. The highest BCUT2D eigenvalue weighted by molar-refractivity contribution is 5.85. The van der Waals surface area contributed by atoms with E-state index >= 15 is 0 Å². The fraction of sp³-hybridized carbons (Fsp3) is 0.583. The van der Waals surface area contributed by atoms with E-state index in [1.165, 1.54) is 6.92 Å². The number of hydrogen-bond acceptors (Lipinski definition) is 6. The molecule has 0 bridgehead atoms. The first-order valence-corrected chi connectivity index (χ1v) is 12.1. The molecule has 0 radical (unpaired) electrons. The molecular formula is C24H31F3N6O3. The van der Waals surface area contributed by atoms with Crippen molar-refractivity contribution in [2.75, 3.05) is 6.54 Å². The first-order chi connectivity index (χ1) is 16.9. The summed E-state index contributed by atoms with van der Waals surface area (Å²) in [7, 11) is 0. The molecule has 3 N–H and O–H groups in total. The number of likely N-dealkylation sites (tertiary alicyclic amines) is 1. The van der Waals surface area contributed by atoms with Gasteiger partial charge in [-0.15, -0.1) is 0 Å². The van der Waals surface area contributed by atoms with Gasteiger partial charge in [0.2, 0.25) is 11.8 Å². The summed E-state index contributed by atoms with van der Waals surface area (Å²) in [6, 6.07) is 2.19. The van der Waals surface area contributed by atoms with Crippen LogP contribution in [0.25, 0.3) is 10.9 Å². The number of carbonyl (C=O) groups is 2. The molecule has 12 heteroatoms. The summed E-state index contributed by atoms with van der Waals surface area (Å²) >= 11 is 0. The van der Waals surface area contributed by atoms with E-state index in [1.54, 1.807) is 4.90 Å². The SMILES string of the molecule is CC(=O)N[C@@H]1C[C@H](NC(C)C)CC[C@@H]1N1CCC(N=c2ncn(O)c3ccc(C(F)(F)F)cc23)C1=O. The molecule has 9 nitrogen and oxygen atoms in total. The van der Waals surface area contributed by atoms with Crippen LogP contribution in [0.3, 0.4) is 0 Å². The largest absolute Gasteiger partial charge is 0.427 e. The number of halogens is 3. The minimum Gasteiger partial charge on any atom is -0.427 e. The van der Waals surface area contributed by atoms with Crippen LogP contribution in [0, 0.1) is 0 Å². The van der Waals surface area contributed by atoms with Crippen LogP contribution >= 0.6 is 0 Å². The summed E-state index contributed by atoms with van der Waals surface area (Å²) in [5.41, 5.74) is -0.839. The minimum absolute atomic E-state index is 0.00235. The van der Waals surface area contributed by atoms with Gasteiger partial charge in [-0.05, 0) is 43.9 Å². The summed E-state index contributed by atoms with van der Waals surface area (Å²) in [6.45, 7) is 6.00. The van der Waals surface area contributed by atoms with Crippen LogP contribution in [0.1, 0.15) is 52.0 Å². The first-order valence-electron chi connectivity index (χ1n) is 12.1. The van der Waals surface area contributed by atoms with Crippen molar-refractivity contribution in [2.24, 2.45) is 4.99 Å². The van der Waals surface area contributed by atoms with Gasteiger partial charge in [0.1, 0.15) is 12.4 Å². The van der Waals surface area contributed by atoms with Gasteiger partial charge >= 0.3 is 6.18 Å². The lowest BCUT2D eigenvalue weighted by Crippen LogP contribution is -2.58. The molecule has 1 unspecified atom stereocenters. The van der Waals surface area contributed by atoms with Crippen molar-refractivity contribution in [2.45, 2.75) is 82.8 Å². The van der Waals surface area contributed by atoms with Gasteiger partial charge in [0.15, 0.2) is 5.49 Å². The number of benzene rings is 1. The number of alkyl halides is 3. The van der Waals surface area contributed by atoms with E-state index in [9.17, 15) is 28.0 Å². The molecule has 1 saturated heterocycles. The molecular weight excluding hydrogens is 477 g/mol. The predicted molar refractivity (Wildman–Crippen MR) is 125 cm³/mol. The minimum atomic E-state index is -4.58. The van der Waals surface area contributed by atoms with E-state index in [0.29, 0.717) is 36.6 Å². The van der Waals surface area contributed by atoms with Crippen LogP contribution in [0.15, 0.2) is 29.5 Å². The van der Waals surface area contributed by atoms with Crippen LogP contribution < -0.4 is 16.1 Å². The molecule has 2 aliphatic rings. The highest BCUT2D eigenvalue weighted by Crippen LogP contribution is 2.31. The second-order valence-electron chi connectivity index (χ2n) is 9.81. The number of hydrogen-bond donors (Lipinski definition) is 3. The normalized spacial score (nSPS) is 25.7. The molecule has 2 amide bonds. The molecule has 196 valence electrons. The molecule has 4 rings (SSSR count). The summed E-state index contributed by atoms with van der Waals surface area (Å²) in [6.07, 6.45) is -0.904. The molecule has 2 aromatic rings. The molecule has 0 spiro atoms. The van der Waals surface area contributed by atoms with Gasteiger partial charge in [-0.1, -0.05) is 13.8 Å². The lowest BCUT2D eigenvalue weighted by Gasteiger charge is -2.42. The second-order valence-corrected chi connectivity index (χ2v) is 9.81. The molecule has 4 atom stereocenters. The van der Waals surface area contributed by atoms with Gasteiger partial charge in [-0.3, -0.25) is 14.6 Å².